The van der Waals surface area contributed by atoms with Crippen LogP contribution in [0.5, 0.6) is 0 Å². The lowest BCUT2D eigenvalue weighted by atomic mass is 10.0. The maximum atomic E-state index is 13.2. The molecule has 3 aromatic heterocycles. The van der Waals surface area contributed by atoms with E-state index in [4.69, 9.17) is 11.6 Å². The highest BCUT2D eigenvalue weighted by atomic mass is 35.5. The molecule has 0 saturated heterocycles. The van der Waals surface area contributed by atoms with E-state index in [0.29, 0.717) is 28.0 Å². The summed E-state index contributed by atoms with van der Waals surface area (Å²) in [6.07, 6.45) is -1.63. The fourth-order valence-electron chi connectivity index (χ4n) is 3.09. The second kappa shape index (κ2) is 7.00. The van der Waals surface area contributed by atoms with Gasteiger partial charge in [-0.3, -0.25) is 9.13 Å². The number of halogens is 4. The molecule has 10 heteroatoms. The number of imidazole rings is 1. The minimum absolute atomic E-state index is 0.156. The number of fused-ring (bicyclic) bond motifs is 1. The standard InChI is InChI=1S/C19H13ClF3N5O/c1-27-17-16(28(18(27)29)10-13-3-2-6-25-26-13)8-12(9-24-17)11-4-5-15(20)14(7-11)19(21,22)23/h2-9H,10H2,1H3. The van der Waals surface area contributed by atoms with Crippen LogP contribution in [0.3, 0.4) is 0 Å². The fraction of sp³-hybridized carbons (Fsp3) is 0.158. The summed E-state index contributed by atoms with van der Waals surface area (Å²) in [5.41, 5.74) is 0.927. The first-order chi connectivity index (χ1) is 13.8. The van der Waals surface area contributed by atoms with Gasteiger partial charge >= 0.3 is 11.9 Å². The van der Waals surface area contributed by atoms with E-state index in [-0.39, 0.29) is 17.3 Å². The smallest absolute Gasteiger partial charge is 0.284 e. The summed E-state index contributed by atoms with van der Waals surface area (Å²) >= 11 is 5.71. The van der Waals surface area contributed by atoms with E-state index in [1.165, 1.54) is 33.7 Å². The molecule has 0 radical (unpaired) electrons. The van der Waals surface area contributed by atoms with Gasteiger partial charge in [0.1, 0.15) is 0 Å². The second-order valence-electron chi connectivity index (χ2n) is 6.40. The summed E-state index contributed by atoms with van der Waals surface area (Å²) in [5, 5.41) is 7.40. The maximum absolute atomic E-state index is 13.2. The van der Waals surface area contributed by atoms with E-state index in [1.54, 1.807) is 25.2 Å². The minimum atomic E-state index is -4.58. The van der Waals surface area contributed by atoms with E-state index in [1.807, 2.05) is 0 Å². The fourth-order valence-corrected chi connectivity index (χ4v) is 3.31. The van der Waals surface area contributed by atoms with E-state index in [2.05, 4.69) is 15.2 Å². The summed E-state index contributed by atoms with van der Waals surface area (Å²) in [6.45, 7) is 0.156. The molecule has 4 aromatic rings. The van der Waals surface area contributed by atoms with Gasteiger partial charge in [-0.15, -0.1) is 0 Å². The normalized spacial score (nSPS) is 11.9. The first kappa shape index (κ1) is 19.1. The van der Waals surface area contributed by atoms with Crippen LogP contribution in [0.2, 0.25) is 5.02 Å². The van der Waals surface area contributed by atoms with Crippen LogP contribution in [-0.2, 0) is 19.8 Å². The summed E-state index contributed by atoms with van der Waals surface area (Å²) in [4.78, 5) is 16.9. The lowest BCUT2D eigenvalue weighted by Gasteiger charge is -2.11. The van der Waals surface area contributed by atoms with E-state index in [0.717, 1.165) is 6.07 Å². The Hall–Kier alpha value is -3.20. The molecular formula is C19H13ClF3N5O. The molecule has 0 fully saturated rings. The molecule has 29 heavy (non-hydrogen) atoms. The zero-order valence-electron chi connectivity index (χ0n) is 15.0. The van der Waals surface area contributed by atoms with Crippen LogP contribution < -0.4 is 5.69 Å². The molecule has 4 rings (SSSR count). The van der Waals surface area contributed by atoms with Crippen molar-refractivity contribution >= 4 is 22.8 Å². The van der Waals surface area contributed by atoms with Gasteiger partial charge in [0, 0.05) is 25.0 Å². The minimum Gasteiger partial charge on any atom is -0.284 e. The zero-order chi connectivity index (χ0) is 20.8. The number of aromatic nitrogens is 5. The van der Waals surface area contributed by atoms with Crippen molar-refractivity contribution in [1.82, 2.24) is 24.3 Å². The SMILES string of the molecule is Cn1c(=O)n(Cc2cccnn2)c2cc(-c3ccc(Cl)c(C(F)(F)F)c3)cnc21. The monoisotopic (exact) mass is 419 g/mol. The molecule has 0 spiro atoms. The topological polar surface area (TPSA) is 65.6 Å². The van der Waals surface area contributed by atoms with Gasteiger partial charge in [0.25, 0.3) is 0 Å². The number of pyridine rings is 1. The average molecular weight is 420 g/mol. The van der Waals surface area contributed by atoms with Crippen LogP contribution in [0.1, 0.15) is 11.3 Å². The molecule has 0 saturated carbocycles. The third-order valence-electron chi connectivity index (χ3n) is 4.53. The second-order valence-corrected chi connectivity index (χ2v) is 6.81. The Morgan fingerprint density at radius 1 is 1.14 bits per heavy atom. The zero-order valence-corrected chi connectivity index (χ0v) is 15.7. The molecule has 3 heterocycles. The van der Waals surface area contributed by atoms with Crippen LogP contribution in [0.25, 0.3) is 22.3 Å². The number of rotatable bonds is 3. The molecule has 0 N–H and O–H groups in total. The molecule has 0 atom stereocenters. The van der Waals surface area contributed by atoms with Gasteiger partial charge in [0.2, 0.25) is 0 Å². The molecule has 1 aromatic carbocycles. The molecule has 148 valence electrons. The van der Waals surface area contributed by atoms with Crippen molar-refractivity contribution in [2.24, 2.45) is 7.05 Å². The van der Waals surface area contributed by atoms with Gasteiger partial charge in [-0.25, -0.2) is 9.78 Å². The van der Waals surface area contributed by atoms with E-state index < -0.39 is 11.7 Å². The van der Waals surface area contributed by atoms with Crippen LogP contribution in [-0.4, -0.2) is 24.3 Å². The Bertz CT molecular complexity index is 1260. The Morgan fingerprint density at radius 3 is 2.62 bits per heavy atom. The Morgan fingerprint density at radius 2 is 1.93 bits per heavy atom. The van der Waals surface area contributed by atoms with Crippen LogP contribution in [0.4, 0.5) is 13.2 Å². The average Bonchev–Trinajstić information content (AvgIpc) is 2.93. The quantitative estimate of drug-likeness (QED) is 0.505. The van der Waals surface area contributed by atoms with Crippen molar-refractivity contribution in [2.45, 2.75) is 12.7 Å². The highest BCUT2D eigenvalue weighted by Gasteiger charge is 2.33. The number of hydrogen-bond donors (Lipinski definition) is 0. The van der Waals surface area contributed by atoms with Crippen LogP contribution in [0.15, 0.2) is 53.6 Å². The molecule has 0 aliphatic rings. The predicted molar refractivity (Wildman–Crippen MR) is 102 cm³/mol. The summed E-state index contributed by atoms with van der Waals surface area (Å²) < 4.78 is 42.4. The van der Waals surface area contributed by atoms with Crippen molar-refractivity contribution in [3.05, 3.63) is 75.6 Å². The molecule has 6 nitrogen and oxygen atoms in total. The molecule has 0 aliphatic carbocycles. The molecule has 0 aliphatic heterocycles. The van der Waals surface area contributed by atoms with Crippen molar-refractivity contribution in [1.29, 1.82) is 0 Å². The largest absolute Gasteiger partial charge is 0.417 e. The summed E-state index contributed by atoms with van der Waals surface area (Å²) in [5.74, 6) is 0. The van der Waals surface area contributed by atoms with Gasteiger partial charge in [-0.05, 0) is 35.9 Å². The Kier molecular flexibility index (Phi) is 4.62. The summed E-state index contributed by atoms with van der Waals surface area (Å²) in [7, 11) is 1.58. The Balaban J connectivity index is 1.86. The predicted octanol–water partition coefficient (Wildman–Crippen LogP) is 3.91. The molecule has 0 bridgehead atoms. The van der Waals surface area contributed by atoms with E-state index in [9.17, 15) is 18.0 Å². The van der Waals surface area contributed by atoms with Crippen LogP contribution >= 0.6 is 11.6 Å². The molecule has 0 unspecified atom stereocenters. The number of nitrogens with zero attached hydrogens (tertiary/aromatic N) is 5. The summed E-state index contributed by atoms with van der Waals surface area (Å²) in [6, 6.07) is 8.71. The van der Waals surface area contributed by atoms with E-state index >= 15 is 0 Å². The van der Waals surface area contributed by atoms with Gasteiger partial charge in [0.05, 0.1) is 28.3 Å². The van der Waals surface area contributed by atoms with Crippen LogP contribution in [0, 0.1) is 0 Å². The van der Waals surface area contributed by atoms with Crippen molar-refractivity contribution < 1.29 is 13.2 Å². The third-order valence-corrected chi connectivity index (χ3v) is 4.86. The molecule has 0 amide bonds. The van der Waals surface area contributed by atoms with Crippen molar-refractivity contribution in [3.8, 4) is 11.1 Å². The van der Waals surface area contributed by atoms with Gasteiger partial charge < -0.3 is 0 Å². The van der Waals surface area contributed by atoms with Gasteiger partial charge in [0.15, 0.2) is 5.65 Å². The Labute approximate surface area is 167 Å². The maximum Gasteiger partial charge on any atom is 0.417 e. The highest BCUT2D eigenvalue weighted by Crippen LogP contribution is 2.37. The lowest BCUT2D eigenvalue weighted by molar-refractivity contribution is -0.137. The number of alkyl halides is 3. The van der Waals surface area contributed by atoms with Crippen molar-refractivity contribution in [3.63, 3.8) is 0 Å². The molecular weight excluding hydrogens is 407 g/mol. The van der Waals surface area contributed by atoms with Gasteiger partial charge in [-0.2, -0.15) is 23.4 Å². The third kappa shape index (κ3) is 3.49. The first-order valence-electron chi connectivity index (χ1n) is 8.44. The first-order valence-corrected chi connectivity index (χ1v) is 8.82. The number of benzene rings is 1. The highest BCUT2D eigenvalue weighted by molar-refractivity contribution is 6.31. The lowest BCUT2D eigenvalue weighted by Crippen LogP contribution is -2.23. The van der Waals surface area contributed by atoms with Crippen molar-refractivity contribution in [2.75, 3.05) is 0 Å². The number of hydrogen-bond acceptors (Lipinski definition) is 4. The number of aryl methyl sites for hydroxylation is 1. The van der Waals surface area contributed by atoms with Gasteiger partial charge in [-0.1, -0.05) is 17.7 Å².